The maximum atomic E-state index is 12.8. The molecule has 0 saturated carbocycles. The van der Waals surface area contributed by atoms with E-state index in [1.807, 2.05) is 47.5 Å². The number of ketones is 1. The number of hydrogen-bond acceptors (Lipinski definition) is 5. The Bertz CT molecular complexity index is 1270. The van der Waals surface area contributed by atoms with Crippen LogP contribution in [0.1, 0.15) is 33.9 Å². The zero-order chi connectivity index (χ0) is 23.1. The van der Waals surface area contributed by atoms with E-state index in [1.165, 1.54) is 4.90 Å². The Morgan fingerprint density at radius 1 is 0.970 bits per heavy atom. The highest BCUT2D eigenvalue weighted by Gasteiger charge is 2.39. The fourth-order valence-corrected chi connectivity index (χ4v) is 4.80. The Morgan fingerprint density at radius 2 is 1.67 bits per heavy atom. The number of rotatable bonds is 5. The molecular weight excluding hydrogens is 550 g/mol. The molecule has 0 N–H and O–H groups in total. The van der Waals surface area contributed by atoms with Crippen molar-refractivity contribution in [2.45, 2.75) is 12.5 Å². The molecule has 0 bridgehead atoms. The van der Waals surface area contributed by atoms with Crippen LogP contribution >= 0.6 is 31.9 Å². The van der Waals surface area contributed by atoms with Crippen molar-refractivity contribution >= 4 is 54.9 Å². The lowest BCUT2D eigenvalue weighted by atomic mass is 9.98. The SMILES string of the molecule is COc1ccc(C2=NN(CN3C(=O)C(=O)c4cc(Br)ccc43)C(c3ccc(Br)cc3)C2)cc1. The van der Waals surface area contributed by atoms with Crippen LogP contribution in [0.4, 0.5) is 5.69 Å². The first-order valence-electron chi connectivity index (χ1n) is 10.3. The topological polar surface area (TPSA) is 62.2 Å². The van der Waals surface area contributed by atoms with Gasteiger partial charge in [0.25, 0.3) is 5.78 Å². The lowest BCUT2D eigenvalue weighted by Gasteiger charge is -2.28. The highest BCUT2D eigenvalue weighted by molar-refractivity contribution is 9.10. The van der Waals surface area contributed by atoms with Crippen molar-refractivity contribution in [1.82, 2.24) is 5.01 Å². The van der Waals surface area contributed by atoms with Crippen molar-refractivity contribution < 1.29 is 14.3 Å². The predicted octanol–water partition coefficient (Wildman–Crippen LogP) is 5.56. The van der Waals surface area contributed by atoms with Crippen LogP contribution < -0.4 is 9.64 Å². The summed E-state index contributed by atoms with van der Waals surface area (Å²) in [5, 5.41) is 6.78. The smallest absolute Gasteiger partial charge is 0.301 e. The fraction of sp³-hybridized carbons (Fsp3) is 0.160. The number of hydrazone groups is 1. The molecule has 166 valence electrons. The Labute approximate surface area is 208 Å². The monoisotopic (exact) mass is 567 g/mol. The lowest BCUT2D eigenvalue weighted by Crippen LogP contribution is -2.39. The van der Waals surface area contributed by atoms with Crippen molar-refractivity contribution in [3.8, 4) is 5.75 Å². The number of halogens is 2. The number of fused-ring (bicyclic) bond motifs is 1. The molecular formula is C25H19Br2N3O3. The number of hydrogen-bond donors (Lipinski definition) is 0. The number of amides is 1. The molecule has 2 aliphatic rings. The van der Waals surface area contributed by atoms with E-state index < -0.39 is 11.7 Å². The molecule has 0 radical (unpaired) electrons. The largest absolute Gasteiger partial charge is 0.497 e. The van der Waals surface area contributed by atoms with Crippen LogP contribution in [0.5, 0.6) is 5.75 Å². The molecule has 2 aliphatic heterocycles. The number of carbonyl (C=O) groups is 2. The van der Waals surface area contributed by atoms with Crippen molar-refractivity contribution in [3.63, 3.8) is 0 Å². The molecule has 1 unspecified atom stereocenters. The number of anilines is 1. The minimum atomic E-state index is -0.536. The molecule has 0 aromatic heterocycles. The zero-order valence-electron chi connectivity index (χ0n) is 17.7. The van der Waals surface area contributed by atoms with Crippen LogP contribution in [0, 0.1) is 0 Å². The molecule has 33 heavy (non-hydrogen) atoms. The molecule has 3 aromatic carbocycles. The molecule has 8 heteroatoms. The maximum Gasteiger partial charge on any atom is 0.301 e. The summed E-state index contributed by atoms with van der Waals surface area (Å²) in [6.45, 7) is 0.180. The van der Waals surface area contributed by atoms with Gasteiger partial charge in [-0.05, 0) is 65.7 Å². The summed E-state index contributed by atoms with van der Waals surface area (Å²) < 4.78 is 7.03. The van der Waals surface area contributed by atoms with Gasteiger partial charge in [0.15, 0.2) is 0 Å². The van der Waals surface area contributed by atoms with Gasteiger partial charge in [-0.3, -0.25) is 19.5 Å². The van der Waals surface area contributed by atoms with E-state index in [0.29, 0.717) is 17.7 Å². The molecule has 0 fully saturated rings. The zero-order valence-corrected chi connectivity index (χ0v) is 20.8. The van der Waals surface area contributed by atoms with E-state index in [9.17, 15) is 9.59 Å². The van der Waals surface area contributed by atoms with E-state index in [-0.39, 0.29) is 12.7 Å². The first-order valence-corrected chi connectivity index (χ1v) is 11.9. The standard InChI is InChI=1S/C25H19Br2N3O3/c1-33-19-9-4-15(5-10-19)21-13-23(16-2-6-17(26)7-3-16)30(28-21)14-29-22-11-8-18(27)12-20(22)24(31)25(29)32/h2-12,23H,13-14H2,1H3. The van der Waals surface area contributed by atoms with Gasteiger partial charge in [0.2, 0.25) is 0 Å². The maximum absolute atomic E-state index is 12.8. The molecule has 6 nitrogen and oxygen atoms in total. The Kier molecular flexibility index (Phi) is 5.80. The van der Waals surface area contributed by atoms with Crippen molar-refractivity contribution in [1.29, 1.82) is 0 Å². The van der Waals surface area contributed by atoms with E-state index in [4.69, 9.17) is 9.84 Å². The van der Waals surface area contributed by atoms with Crippen molar-refractivity contribution in [2.24, 2.45) is 5.10 Å². The van der Waals surface area contributed by atoms with Gasteiger partial charge in [0, 0.05) is 15.4 Å². The van der Waals surface area contributed by atoms with E-state index in [1.54, 1.807) is 19.2 Å². The Balaban J connectivity index is 1.50. The van der Waals surface area contributed by atoms with Gasteiger partial charge in [0.1, 0.15) is 12.4 Å². The van der Waals surface area contributed by atoms with Crippen LogP contribution in [0.2, 0.25) is 0 Å². The van der Waals surface area contributed by atoms with Gasteiger partial charge >= 0.3 is 5.91 Å². The quantitative estimate of drug-likeness (QED) is 0.378. The van der Waals surface area contributed by atoms with Crippen LogP contribution in [0.25, 0.3) is 0 Å². The van der Waals surface area contributed by atoms with Crippen LogP contribution in [-0.4, -0.2) is 36.2 Å². The minimum Gasteiger partial charge on any atom is -0.497 e. The normalized spacial score (nSPS) is 17.4. The molecule has 3 aromatic rings. The Hall–Kier alpha value is -2.97. The molecule has 0 aliphatic carbocycles. The molecule has 0 saturated heterocycles. The Morgan fingerprint density at radius 3 is 2.36 bits per heavy atom. The van der Waals surface area contributed by atoms with Gasteiger partial charge in [-0.1, -0.05) is 44.0 Å². The van der Waals surface area contributed by atoms with Crippen molar-refractivity contribution in [2.75, 3.05) is 18.7 Å². The summed E-state index contributed by atoms with van der Waals surface area (Å²) >= 11 is 6.88. The van der Waals surface area contributed by atoms with E-state index in [2.05, 4.69) is 44.0 Å². The number of Topliss-reactive ketones (excluding diaryl/α,β-unsaturated/α-hetero) is 1. The second-order valence-corrected chi connectivity index (χ2v) is 9.68. The lowest BCUT2D eigenvalue weighted by molar-refractivity contribution is -0.114. The average molecular weight is 569 g/mol. The van der Waals surface area contributed by atoms with Crippen LogP contribution in [-0.2, 0) is 4.79 Å². The van der Waals surface area contributed by atoms with E-state index >= 15 is 0 Å². The highest BCUT2D eigenvalue weighted by Crippen LogP contribution is 2.37. The summed E-state index contributed by atoms with van der Waals surface area (Å²) in [6, 6.07) is 21.1. The molecule has 1 atom stereocenters. The predicted molar refractivity (Wildman–Crippen MR) is 134 cm³/mol. The summed E-state index contributed by atoms with van der Waals surface area (Å²) in [4.78, 5) is 26.9. The van der Waals surface area contributed by atoms with Gasteiger partial charge in [-0.15, -0.1) is 0 Å². The van der Waals surface area contributed by atoms with Gasteiger partial charge < -0.3 is 4.74 Å². The molecule has 0 spiro atoms. The molecule has 2 heterocycles. The summed E-state index contributed by atoms with van der Waals surface area (Å²) in [6.07, 6.45) is 0.678. The summed E-state index contributed by atoms with van der Waals surface area (Å²) in [5.74, 6) is -0.251. The molecule has 5 rings (SSSR count). The first kappa shape index (κ1) is 21.9. The number of carbonyl (C=O) groups excluding carboxylic acids is 2. The van der Waals surface area contributed by atoms with Crippen molar-refractivity contribution in [3.05, 3.63) is 92.4 Å². The number of methoxy groups -OCH3 is 1. The third-order valence-electron chi connectivity index (χ3n) is 5.89. The van der Waals surface area contributed by atoms with Gasteiger partial charge in [-0.25, -0.2) is 0 Å². The first-order chi connectivity index (χ1) is 15.9. The third kappa shape index (κ3) is 4.09. The third-order valence-corrected chi connectivity index (χ3v) is 6.92. The number of benzene rings is 3. The summed E-state index contributed by atoms with van der Waals surface area (Å²) in [5.41, 5.74) is 4.01. The minimum absolute atomic E-state index is 0.0717. The van der Waals surface area contributed by atoms with Crippen LogP contribution in [0.15, 0.2) is 80.8 Å². The average Bonchev–Trinajstić information content (AvgIpc) is 3.35. The highest BCUT2D eigenvalue weighted by atomic mass is 79.9. The second kappa shape index (κ2) is 8.76. The second-order valence-electron chi connectivity index (χ2n) is 7.85. The van der Waals surface area contributed by atoms with Gasteiger partial charge in [0.05, 0.1) is 30.1 Å². The summed E-state index contributed by atoms with van der Waals surface area (Å²) in [7, 11) is 1.64. The van der Waals surface area contributed by atoms with Gasteiger partial charge in [-0.2, -0.15) is 5.10 Å². The van der Waals surface area contributed by atoms with E-state index in [0.717, 1.165) is 31.5 Å². The fourth-order valence-electron chi connectivity index (χ4n) is 4.18. The molecule has 1 amide bonds. The number of nitrogens with zero attached hydrogens (tertiary/aromatic N) is 3. The van der Waals surface area contributed by atoms with Crippen LogP contribution in [0.3, 0.4) is 0 Å². The number of ether oxygens (including phenoxy) is 1.